The van der Waals surface area contributed by atoms with Gasteiger partial charge in [0.05, 0.1) is 22.3 Å². The van der Waals surface area contributed by atoms with Crippen LogP contribution in [0.2, 0.25) is 5.02 Å². The number of anilines is 1. The van der Waals surface area contributed by atoms with E-state index in [4.69, 9.17) is 22.0 Å². The summed E-state index contributed by atoms with van der Waals surface area (Å²) in [5.74, 6) is -1.23. The van der Waals surface area contributed by atoms with E-state index < -0.39 is 16.0 Å². The molecule has 0 aliphatic heterocycles. The lowest BCUT2D eigenvalue weighted by Crippen LogP contribution is -2.14. The van der Waals surface area contributed by atoms with Crippen LogP contribution in [-0.4, -0.2) is 19.5 Å². The highest BCUT2D eigenvalue weighted by molar-refractivity contribution is 7.92. The third kappa shape index (κ3) is 3.16. The Balaban J connectivity index is 2.42. The third-order valence-corrected chi connectivity index (χ3v) is 5.21. The van der Waals surface area contributed by atoms with Crippen molar-refractivity contribution in [1.29, 1.82) is 5.26 Å². The van der Waals surface area contributed by atoms with Gasteiger partial charge in [0.15, 0.2) is 0 Å². The summed E-state index contributed by atoms with van der Waals surface area (Å²) < 4.78 is 26.6. The van der Waals surface area contributed by atoms with E-state index in [-0.39, 0.29) is 26.0 Å². The van der Waals surface area contributed by atoms with Crippen LogP contribution in [0.25, 0.3) is 0 Å². The minimum atomic E-state index is -4.04. The molecule has 0 fully saturated rings. The first-order valence-corrected chi connectivity index (χ1v) is 8.12. The van der Waals surface area contributed by atoms with Gasteiger partial charge in [0.25, 0.3) is 10.0 Å². The maximum atomic E-state index is 12.2. The fourth-order valence-corrected chi connectivity index (χ4v) is 3.91. The third-order valence-electron chi connectivity index (χ3n) is 2.45. The number of halogens is 1. The van der Waals surface area contributed by atoms with E-state index in [1.807, 2.05) is 6.07 Å². The minimum Gasteiger partial charge on any atom is -0.477 e. The second-order valence-electron chi connectivity index (χ2n) is 3.83. The fourth-order valence-electron chi connectivity index (χ4n) is 1.54. The predicted molar refractivity (Wildman–Crippen MR) is 78.3 cm³/mol. The Morgan fingerprint density at radius 2 is 2.10 bits per heavy atom. The van der Waals surface area contributed by atoms with Gasteiger partial charge in [-0.15, -0.1) is 11.3 Å². The first-order valence-electron chi connectivity index (χ1n) is 5.38. The Morgan fingerprint density at radius 1 is 1.38 bits per heavy atom. The molecule has 0 unspecified atom stereocenters. The first-order chi connectivity index (χ1) is 9.85. The van der Waals surface area contributed by atoms with Gasteiger partial charge in [0, 0.05) is 0 Å². The monoisotopic (exact) mass is 342 g/mol. The van der Waals surface area contributed by atoms with Crippen LogP contribution in [0.4, 0.5) is 5.69 Å². The van der Waals surface area contributed by atoms with Crippen molar-refractivity contribution in [1.82, 2.24) is 0 Å². The van der Waals surface area contributed by atoms with Crippen molar-refractivity contribution < 1.29 is 18.3 Å². The largest absolute Gasteiger partial charge is 0.477 e. The molecule has 2 rings (SSSR count). The van der Waals surface area contributed by atoms with Crippen LogP contribution in [0.3, 0.4) is 0 Å². The van der Waals surface area contributed by atoms with Crippen molar-refractivity contribution in [2.45, 2.75) is 4.90 Å². The van der Waals surface area contributed by atoms with Gasteiger partial charge in [-0.2, -0.15) is 5.26 Å². The number of nitrogens with zero attached hydrogens (tertiary/aromatic N) is 1. The summed E-state index contributed by atoms with van der Waals surface area (Å²) in [6.07, 6.45) is 0. The summed E-state index contributed by atoms with van der Waals surface area (Å²) in [5.41, 5.74) is 0.189. The molecule has 108 valence electrons. The molecule has 0 amide bonds. The van der Waals surface area contributed by atoms with E-state index in [2.05, 4.69) is 4.72 Å². The Morgan fingerprint density at radius 3 is 2.67 bits per heavy atom. The Bertz CT molecular complexity index is 852. The molecular weight excluding hydrogens is 336 g/mol. The van der Waals surface area contributed by atoms with E-state index >= 15 is 0 Å². The first kappa shape index (κ1) is 15.3. The minimum absolute atomic E-state index is 0.0343. The van der Waals surface area contributed by atoms with E-state index in [0.29, 0.717) is 0 Å². The van der Waals surface area contributed by atoms with Gasteiger partial charge in [-0.25, -0.2) is 13.2 Å². The number of rotatable bonds is 4. The summed E-state index contributed by atoms with van der Waals surface area (Å²) in [5, 5.41) is 19.0. The smallest absolute Gasteiger partial charge is 0.348 e. The molecule has 9 heteroatoms. The number of aromatic carboxylic acids is 1. The molecule has 2 N–H and O–H groups in total. The average Bonchev–Trinajstić information content (AvgIpc) is 2.85. The van der Waals surface area contributed by atoms with Gasteiger partial charge < -0.3 is 5.11 Å². The Kier molecular flexibility index (Phi) is 4.18. The molecule has 1 aromatic carbocycles. The van der Waals surface area contributed by atoms with Gasteiger partial charge in [-0.05, 0) is 29.6 Å². The average molecular weight is 343 g/mol. The normalized spacial score (nSPS) is 10.9. The zero-order chi connectivity index (χ0) is 15.6. The second-order valence-corrected chi connectivity index (χ2v) is 6.81. The summed E-state index contributed by atoms with van der Waals surface area (Å²) in [7, 11) is -4.04. The van der Waals surface area contributed by atoms with E-state index in [9.17, 15) is 13.2 Å². The Hall–Kier alpha value is -2.08. The quantitative estimate of drug-likeness (QED) is 0.888. The molecule has 0 saturated carbocycles. The van der Waals surface area contributed by atoms with Gasteiger partial charge in [-0.3, -0.25) is 4.72 Å². The van der Waals surface area contributed by atoms with Crippen LogP contribution < -0.4 is 4.72 Å². The highest BCUT2D eigenvalue weighted by Gasteiger charge is 2.22. The number of thiophene rings is 1. The highest BCUT2D eigenvalue weighted by atomic mass is 35.5. The lowest BCUT2D eigenvalue weighted by molar-refractivity contribution is 0.0703. The maximum absolute atomic E-state index is 12.2. The predicted octanol–water partition coefficient (Wildman–Crippen LogP) is 2.77. The van der Waals surface area contributed by atoms with E-state index in [0.717, 1.165) is 11.3 Å². The van der Waals surface area contributed by atoms with E-state index in [1.54, 1.807) is 0 Å². The number of benzene rings is 1. The number of nitrogens with one attached hydrogen (secondary N) is 1. The van der Waals surface area contributed by atoms with Crippen molar-refractivity contribution in [3.63, 3.8) is 0 Å². The van der Waals surface area contributed by atoms with Crippen LogP contribution in [0.15, 0.2) is 34.5 Å². The van der Waals surface area contributed by atoms with Crippen molar-refractivity contribution >= 4 is 44.6 Å². The molecule has 0 radical (unpaired) electrons. The molecule has 0 aliphatic rings. The number of carboxylic acids is 1. The molecule has 6 nitrogen and oxygen atoms in total. The van der Waals surface area contributed by atoms with Crippen LogP contribution in [0.5, 0.6) is 0 Å². The molecule has 0 saturated heterocycles. The molecule has 2 aromatic rings. The number of sulfonamides is 1. The van der Waals surface area contributed by atoms with Gasteiger partial charge in [-0.1, -0.05) is 11.6 Å². The second kappa shape index (κ2) is 5.73. The molecule has 21 heavy (non-hydrogen) atoms. The van der Waals surface area contributed by atoms with Crippen LogP contribution in [0.1, 0.15) is 15.2 Å². The number of hydrogen-bond donors (Lipinski definition) is 2. The van der Waals surface area contributed by atoms with Crippen LogP contribution >= 0.6 is 22.9 Å². The molecule has 0 bridgehead atoms. The topological polar surface area (TPSA) is 107 Å². The number of nitriles is 1. The molecule has 0 spiro atoms. The SMILES string of the molecule is N#Cc1ccc(S(=O)(=O)Nc2ccsc2C(=O)O)c(Cl)c1. The lowest BCUT2D eigenvalue weighted by Gasteiger charge is -2.09. The summed E-state index contributed by atoms with van der Waals surface area (Å²) >= 11 is 6.75. The molecular formula is C12H7ClN2O4S2. The summed E-state index contributed by atoms with van der Waals surface area (Å²) in [4.78, 5) is 10.6. The van der Waals surface area contributed by atoms with E-state index in [1.165, 1.54) is 29.6 Å². The zero-order valence-electron chi connectivity index (χ0n) is 10.2. The lowest BCUT2D eigenvalue weighted by atomic mass is 10.2. The molecule has 1 heterocycles. The molecule has 1 aromatic heterocycles. The standard InChI is InChI=1S/C12H7ClN2O4S2/c13-8-5-7(6-14)1-2-10(8)21(18,19)15-9-3-4-20-11(9)12(16)17/h1-5,15H,(H,16,17). The number of carbonyl (C=O) groups is 1. The van der Waals surface area contributed by atoms with Crippen LogP contribution in [-0.2, 0) is 10.0 Å². The molecule has 0 aliphatic carbocycles. The van der Waals surface area contributed by atoms with Crippen LogP contribution in [0, 0.1) is 11.3 Å². The molecule has 0 atom stereocenters. The van der Waals surface area contributed by atoms with Crippen molar-refractivity contribution in [2.75, 3.05) is 4.72 Å². The maximum Gasteiger partial charge on any atom is 0.348 e. The zero-order valence-corrected chi connectivity index (χ0v) is 12.6. The summed E-state index contributed by atoms with van der Waals surface area (Å²) in [6.45, 7) is 0. The number of carboxylic acid groups (broad SMARTS) is 1. The fraction of sp³-hybridized carbons (Fsp3) is 0. The van der Waals surface area contributed by atoms with Crippen molar-refractivity contribution in [2.24, 2.45) is 0 Å². The van der Waals surface area contributed by atoms with Gasteiger partial charge in [0.1, 0.15) is 9.77 Å². The summed E-state index contributed by atoms with van der Waals surface area (Å²) in [6, 6.07) is 6.92. The van der Waals surface area contributed by atoms with Gasteiger partial charge in [0.2, 0.25) is 0 Å². The van der Waals surface area contributed by atoms with Crippen molar-refractivity contribution in [3.8, 4) is 6.07 Å². The van der Waals surface area contributed by atoms with Crippen molar-refractivity contribution in [3.05, 3.63) is 45.1 Å². The number of hydrogen-bond acceptors (Lipinski definition) is 5. The highest BCUT2D eigenvalue weighted by Crippen LogP contribution is 2.28. The Labute approximate surface area is 129 Å². The van der Waals surface area contributed by atoms with Gasteiger partial charge >= 0.3 is 5.97 Å².